The summed E-state index contributed by atoms with van der Waals surface area (Å²) in [4.78, 5) is 21.0. The first-order chi connectivity index (χ1) is 19.8. The van der Waals surface area contributed by atoms with Gasteiger partial charge in [0.05, 0.1) is 24.6 Å². The van der Waals surface area contributed by atoms with E-state index >= 15 is 0 Å². The molecule has 2 saturated heterocycles. The van der Waals surface area contributed by atoms with E-state index in [-0.39, 0.29) is 23.5 Å². The molecular weight excluding hydrogens is 536 g/mol. The number of benzene rings is 3. The molecule has 0 spiro atoms. The molecule has 214 valence electrons. The highest BCUT2D eigenvalue weighted by Crippen LogP contribution is 2.36. The number of ether oxygens (including phenoxy) is 1. The minimum Gasteiger partial charge on any atom is -0.371 e. The maximum Gasteiger partial charge on any atom is 0.243 e. The minimum atomic E-state index is -3.92. The van der Waals surface area contributed by atoms with E-state index in [1.54, 1.807) is 17.0 Å². The number of aryl methyl sites for hydroxylation is 1. The van der Waals surface area contributed by atoms with E-state index < -0.39 is 10.0 Å². The highest BCUT2D eigenvalue weighted by Gasteiger charge is 2.30. The second-order valence-electron chi connectivity index (χ2n) is 11.0. The Morgan fingerprint density at radius 2 is 1.78 bits per heavy atom. The lowest BCUT2D eigenvalue weighted by molar-refractivity contribution is -0.139. The first-order valence-corrected chi connectivity index (χ1v) is 15.6. The molecule has 8 nitrogen and oxygen atoms in total. The van der Waals surface area contributed by atoms with Gasteiger partial charge < -0.3 is 19.5 Å². The molecule has 2 aliphatic heterocycles. The van der Waals surface area contributed by atoms with Gasteiger partial charge in [0.15, 0.2) is 0 Å². The fourth-order valence-electron chi connectivity index (χ4n) is 5.81. The van der Waals surface area contributed by atoms with Crippen LogP contribution >= 0.6 is 0 Å². The van der Waals surface area contributed by atoms with Crippen LogP contribution in [0.2, 0.25) is 0 Å². The Bertz CT molecular complexity index is 1660. The van der Waals surface area contributed by atoms with Crippen LogP contribution in [0.15, 0.2) is 77.7 Å². The van der Waals surface area contributed by atoms with E-state index in [2.05, 4.69) is 41.1 Å². The Kier molecular flexibility index (Phi) is 7.59. The quantitative estimate of drug-likeness (QED) is 0.338. The zero-order valence-electron chi connectivity index (χ0n) is 23.5. The summed E-state index contributed by atoms with van der Waals surface area (Å²) < 4.78 is 34.6. The third kappa shape index (κ3) is 5.62. The van der Waals surface area contributed by atoms with Crippen molar-refractivity contribution in [2.45, 2.75) is 30.8 Å². The van der Waals surface area contributed by atoms with Crippen molar-refractivity contribution in [3.63, 3.8) is 0 Å². The zero-order valence-corrected chi connectivity index (χ0v) is 24.4. The molecule has 41 heavy (non-hydrogen) atoms. The molecule has 3 aromatic carbocycles. The molecule has 0 saturated carbocycles. The third-order valence-electron chi connectivity index (χ3n) is 8.14. The number of morpholine rings is 1. The molecule has 1 amide bonds. The minimum absolute atomic E-state index is 0.171. The van der Waals surface area contributed by atoms with Crippen molar-refractivity contribution < 1.29 is 17.9 Å². The van der Waals surface area contributed by atoms with Crippen LogP contribution in [-0.4, -0.2) is 74.9 Å². The Hall–Kier alpha value is -3.66. The molecule has 3 heterocycles. The van der Waals surface area contributed by atoms with Gasteiger partial charge in [-0.25, -0.2) is 8.42 Å². The summed E-state index contributed by atoms with van der Waals surface area (Å²) >= 11 is 0. The number of fused-ring (bicyclic) bond motifs is 1. The molecule has 0 bridgehead atoms. The van der Waals surface area contributed by atoms with Crippen molar-refractivity contribution in [1.29, 1.82) is 0 Å². The number of hydrogen-bond acceptors (Lipinski definition) is 5. The largest absolute Gasteiger partial charge is 0.371 e. The first-order valence-electron chi connectivity index (χ1n) is 14.2. The average Bonchev–Trinajstić information content (AvgIpc) is 3.67. The van der Waals surface area contributed by atoms with Gasteiger partial charge in [0.2, 0.25) is 15.9 Å². The molecule has 1 aromatic heterocycles. The van der Waals surface area contributed by atoms with E-state index in [9.17, 15) is 13.2 Å². The van der Waals surface area contributed by atoms with Gasteiger partial charge in [0, 0.05) is 54.5 Å². The molecule has 1 atom stereocenters. The number of nitrogens with one attached hydrogen (secondary N) is 1. The number of rotatable bonds is 7. The zero-order chi connectivity index (χ0) is 28.6. The van der Waals surface area contributed by atoms with E-state index in [0.717, 1.165) is 69.2 Å². The average molecular weight is 573 g/mol. The first kappa shape index (κ1) is 27.5. The van der Waals surface area contributed by atoms with E-state index in [4.69, 9.17) is 4.74 Å². The number of anilines is 1. The Balaban J connectivity index is 1.26. The van der Waals surface area contributed by atoms with Crippen LogP contribution in [-0.2, 0) is 19.6 Å². The number of amides is 1. The summed E-state index contributed by atoms with van der Waals surface area (Å²) in [5.41, 5.74) is 5.92. The molecule has 0 aliphatic carbocycles. The summed E-state index contributed by atoms with van der Waals surface area (Å²) in [6, 6.07) is 23.4. The lowest BCUT2D eigenvalue weighted by Gasteiger charge is -2.34. The van der Waals surface area contributed by atoms with Crippen LogP contribution < -0.4 is 4.90 Å². The van der Waals surface area contributed by atoms with Gasteiger partial charge in [0.1, 0.15) is 6.10 Å². The predicted molar refractivity (Wildman–Crippen MR) is 161 cm³/mol. The van der Waals surface area contributed by atoms with Crippen LogP contribution in [0.25, 0.3) is 22.2 Å². The molecule has 9 heteroatoms. The topological polar surface area (TPSA) is 85.9 Å². The van der Waals surface area contributed by atoms with E-state index in [1.807, 2.05) is 36.4 Å². The van der Waals surface area contributed by atoms with Crippen molar-refractivity contribution in [1.82, 2.24) is 14.2 Å². The number of aromatic nitrogens is 1. The normalized spacial score (nSPS) is 18.0. The van der Waals surface area contributed by atoms with Gasteiger partial charge in [0.25, 0.3) is 0 Å². The van der Waals surface area contributed by atoms with Crippen molar-refractivity contribution in [3.05, 3.63) is 83.9 Å². The number of carbonyl (C=O) groups excluding carboxylic acids is 1. The molecular formula is C32H36N4O4S. The maximum atomic E-state index is 13.8. The fourth-order valence-corrected chi connectivity index (χ4v) is 6.96. The second kappa shape index (κ2) is 11.3. The summed E-state index contributed by atoms with van der Waals surface area (Å²) in [5, 5.41) is 1.08. The highest BCUT2D eigenvalue weighted by atomic mass is 32.2. The van der Waals surface area contributed by atoms with Crippen LogP contribution in [0.1, 0.15) is 30.1 Å². The van der Waals surface area contributed by atoms with Crippen molar-refractivity contribution >= 4 is 32.5 Å². The standard InChI is InChI=1S/C32H36N4O4S/c1-23-10-11-25-19-29(33-28(25)18-23)27-20-26(12-13-30(27)35-14-6-7-15-35)41(38,39)34(2)22-32(37)36-16-17-40-31(21-36)24-8-4-3-5-9-24/h3-5,8-13,18-20,31,33H,6-7,14-17,21-22H2,1-2H3/t31-/m0/s1. The lowest BCUT2D eigenvalue weighted by Crippen LogP contribution is -2.47. The van der Waals surface area contributed by atoms with Crippen LogP contribution in [0.4, 0.5) is 5.69 Å². The number of H-pyrrole nitrogens is 1. The Morgan fingerprint density at radius 3 is 2.56 bits per heavy atom. The Morgan fingerprint density at radius 1 is 1.00 bits per heavy atom. The molecule has 1 N–H and O–H groups in total. The molecule has 6 rings (SSSR count). The van der Waals surface area contributed by atoms with Gasteiger partial charge >= 0.3 is 0 Å². The molecule has 0 unspecified atom stereocenters. The van der Waals surface area contributed by atoms with Gasteiger partial charge in [-0.05, 0) is 61.2 Å². The number of aromatic amines is 1. The predicted octanol–water partition coefficient (Wildman–Crippen LogP) is 4.96. The number of carbonyl (C=O) groups is 1. The van der Waals surface area contributed by atoms with Gasteiger partial charge in [-0.3, -0.25) is 4.79 Å². The number of sulfonamides is 1. The van der Waals surface area contributed by atoms with Crippen molar-refractivity contribution in [2.75, 3.05) is 51.3 Å². The molecule has 2 fully saturated rings. The molecule has 2 aliphatic rings. The summed E-state index contributed by atoms with van der Waals surface area (Å²) in [7, 11) is -2.45. The Labute approximate surface area is 241 Å². The number of likely N-dealkylation sites (N-methyl/N-ethyl adjacent to an activating group) is 1. The second-order valence-corrected chi connectivity index (χ2v) is 13.1. The summed E-state index contributed by atoms with van der Waals surface area (Å²) in [6.45, 7) is 4.94. The maximum absolute atomic E-state index is 13.8. The number of nitrogens with zero attached hydrogens (tertiary/aromatic N) is 3. The van der Waals surface area contributed by atoms with Gasteiger partial charge in [-0.1, -0.05) is 42.5 Å². The van der Waals surface area contributed by atoms with Crippen molar-refractivity contribution in [2.24, 2.45) is 0 Å². The molecule has 4 aromatic rings. The van der Waals surface area contributed by atoms with Gasteiger partial charge in [-0.15, -0.1) is 0 Å². The SMILES string of the molecule is Cc1ccc2cc(-c3cc(S(=O)(=O)N(C)CC(=O)N4CCO[C@H](c5ccccc5)C4)ccc3N3CCCC3)[nH]c2c1. The summed E-state index contributed by atoms with van der Waals surface area (Å²) in [6.07, 6.45) is 2.00. The van der Waals surface area contributed by atoms with Crippen LogP contribution in [0.5, 0.6) is 0 Å². The van der Waals surface area contributed by atoms with E-state index in [0.29, 0.717) is 19.7 Å². The number of hydrogen-bond donors (Lipinski definition) is 1. The monoisotopic (exact) mass is 572 g/mol. The smallest absolute Gasteiger partial charge is 0.243 e. The lowest BCUT2D eigenvalue weighted by atomic mass is 10.1. The van der Waals surface area contributed by atoms with E-state index in [1.165, 1.54) is 7.05 Å². The highest BCUT2D eigenvalue weighted by molar-refractivity contribution is 7.89. The fraction of sp³-hybridized carbons (Fsp3) is 0.344. The third-order valence-corrected chi connectivity index (χ3v) is 9.94. The van der Waals surface area contributed by atoms with Crippen LogP contribution in [0, 0.1) is 6.92 Å². The molecule has 0 radical (unpaired) electrons. The van der Waals surface area contributed by atoms with Crippen molar-refractivity contribution in [3.8, 4) is 11.3 Å². The van der Waals surface area contributed by atoms with Crippen LogP contribution in [0.3, 0.4) is 0 Å². The summed E-state index contributed by atoms with van der Waals surface area (Å²) in [5.74, 6) is -0.236. The van der Waals surface area contributed by atoms with Gasteiger partial charge in [-0.2, -0.15) is 4.31 Å².